The predicted molar refractivity (Wildman–Crippen MR) is 71.7 cm³/mol. The van der Waals surface area contributed by atoms with E-state index in [1.807, 2.05) is 6.07 Å². The maximum atomic E-state index is 9.32. The van der Waals surface area contributed by atoms with E-state index in [0.29, 0.717) is 0 Å². The second-order valence-electron chi connectivity index (χ2n) is 3.55. The van der Waals surface area contributed by atoms with Crippen molar-refractivity contribution in [3.63, 3.8) is 0 Å². The lowest BCUT2D eigenvalue weighted by Crippen LogP contribution is -2.38. The molecule has 1 aliphatic heterocycles. The van der Waals surface area contributed by atoms with Crippen LogP contribution in [-0.4, -0.2) is 13.1 Å². The average molecular weight is 352 g/mol. The summed E-state index contributed by atoms with van der Waals surface area (Å²) in [6, 6.07) is 6.60. The van der Waals surface area contributed by atoms with Gasteiger partial charge in [0.25, 0.3) is 0 Å². The molecule has 0 saturated carbocycles. The zero-order chi connectivity index (χ0) is 10.0. The van der Waals surface area contributed by atoms with Crippen LogP contribution in [0.15, 0.2) is 15.9 Å². The summed E-state index contributed by atoms with van der Waals surface area (Å²) in [6.45, 7) is 1.89. The van der Waals surface area contributed by atoms with Gasteiger partial charge >= 0.3 is 0 Å². The third kappa shape index (κ3) is 2.62. The summed E-state index contributed by atoms with van der Waals surface area (Å²) >= 11 is 5.13. The maximum Gasteiger partial charge on any atom is 0.0939 e. The van der Waals surface area contributed by atoms with Gasteiger partial charge in [0, 0.05) is 4.88 Å². The van der Waals surface area contributed by atoms with Crippen LogP contribution in [0.5, 0.6) is 0 Å². The SMILES string of the molecule is Br.N#CC1(c2ccc(Br)s2)CCNCC1. The Morgan fingerprint density at radius 1 is 1.40 bits per heavy atom. The van der Waals surface area contributed by atoms with Gasteiger partial charge in [0.15, 0.2) is 0 Å². The van der Waals surface area contributed by atoms with Gasteiger partial charge in [-0.05, 0) is 54.0 Å². The highest BCUT2D eigenvalue weighted by Gasteiger charge is 2.35. The summed E-state index contributed by atoms with van der Waals surface area (Å²) in [5.74, 6) is 0. The molecule has 1 aromatic heterocycles. The minimum Gasteiger partial charge on any atom is -0.317 e. The van der Waals surface area contributed by atoms with Crippen LogP contribution in [0.4, 0.5) is 0 Å². The molecule has 0 unspecified atom stereocenters. The minimum atomic E-state index is -0.234. The number of nitrogens with zero attached hydrogens (tertiary/aromatic N) is 1. The molecule has 0 radical (unpaired) electrons. The Bertz CT molecular complexity index is 364. The summed E-state index contributed by atoms with van der Waals surface area (Å²) in [7, 11) is 0. The number of hydrogen-bond acceptors (Lipinski definition) is 3. The van der Waals surface area contributed by atoms with Crippen LogP contribution in [0.3, 0.4) is 0 Å². The number of thiophene rings is 1. The molecule has 5 heteroatoms. The van der Waals surface area contributed by atoms with E-state index in [1.165, 1.54) is 4.88 Å². The second-order valence-corrected chi connectivity index (χ2v) is 6.01. The Morgan fingerprint density at radius 3 is 2.53 bits per heavy atom. The molecular formula is C10H12Br2N2S. The third-order valence-electron chi connectivity index (χ3n) is 2.72. The van der Waals surface area contributed by atoms with E-state index >= 15 is 0 Å². The largest absolute Gasteiger partial charge is 0.317 e. The summed E-state index contributed by atoms with van der Waals surface area (Å²) in [5.41, 5.74) is -0.234. The smallest absolute Gasteiger partial charge is 0.0939 e. The summed E-state index contributed by atoms with van der Waals surface area (Å²) in [4.78, 5) is 1.20. The van der Waals surface area contributed by atoms with Gasteiger partial charge in [0.1, 0.15) is 0 Å². The highest BCUT2D eigenvalue weighted by molar-refractivity contribution is 9.11. The third-order valence-corrected chi connectivity index (χ3v) is 4.54. The van der Waals surface area contributed by atoms with Crippen LogP contribution in [0.1, 0.15) is 17.7 Å². The zero-order valence-corrected chi connectivity index (χ0v) is 12.2. The molecule has 0 atom stereocenters. The van der Waals surface area contributed by atoms with Crippen molar-refractivity contribution in [2.75, 3.05) is 13.1 Å². The van der Waals surface area contributed by atoms with Crippen molar-refractivity contribution in [3.8, 4) is 6.07 Å². The highest BCUT2D eigenvalue weighted by atomic mass is 79.9. The molecule has 2 nitrogen and oxygen atoms in total. The first-order valence-corrected chi connectivity index (χ1v) is 6.26. The maximum absolute atomic E-state index is 9.32. The van der Waals surface area contributed by atoms with Gasteiger partial charge < -0.3 is 5.32 Å². The molecule has 0 aromatic carbocycles. The van der Waals surface area contributed by atoms with Crippen molar-refractivity contribution < 1.29 is 0 Å². The van der Waals surface area contributed by atoms with Gasteiger partial charge in [0.2, 0.25) is 0 Å². The van der Waals surface area contributed by atoms with Gasteiger partial charge in [-0.15, -0.1) is 28.3 Å². The first kappa shape index (κ1) is 13.2. The van der Waals surface area contributed by atoms with Gasteiger partial charge in [-0.2, -0.15) is 5.26 Å². The molecule has 2 rings (SSSR count). The van der Waals surface area contributed by atoms with Crippen molar-refractivity contribution >= 4 is 44.2 Å². The molecule has 0 aliphatic carbocycles. The molecule has 0 spiro atoms. The van der Waals surface area contributed by atoms with Crippen molar-refractivity contribution in [1.82, 2.24) is 5.32 Å². The first-order valence-electron chi connectivity index (χ1n) is 4.65. The molecule has 1 aromatic rings. The van der Waals surface area contributed by atoms with Gasteiger partial charge in [-0.3, -0.25) is 0 Å². The molecule has 15 heavy (non-hydrogen) atoms. The standard InChI is InChI=1S/C10H11BrN2S.BrH/c11-9-2-1-8(14-9)10(7-12)3-5-13-6-4-10;/h1-2,13H,3-6H2;1H. The lowest BCUT2D eigenvalue weighted by atomic mass is 9.79. The van der Waals surface area contributed by atoms with Crippen molar-refractivity contribution in [3.05, 3.63) is 20.8 Å². The Kier molecular flexibility index (Phi) is 4.78. The fraction of sp³-hybridized carbons (Fsp3) is 0.500. The van der Waals surface area contributed by atoms with Crippen molar-refractivity contribution in [2.24, 2.45) is 0 Å². The zero-order valence-electron chi connectivity index (χ0n) is 8.12. The first-order chi connectivity index (χ1) is 6.77. The van der Waals surface area contributed by atoms with Crippen LogP contribution in [0.2, 0.25) is 0 Å². The second kappa shape index (κ2) is 5.44. The van der Waals surface area contributed by atoms with Crippen LogP contribution in [-0.2, 0) is 5.41 Å². The van der Waals surface area contributed by atoms with Crippen LogP contribution < -0.4 is 5.32 Å². The molecule has 1 N–H and O–H groups in total. The van der Waals surface area contributed by atoms with Crippen molar-refractivity contribution in [1.29, 1.82) is 5.26 Å². The normalized spacial score (nSPS) is 18.9. The van der Waals surface area contributed by atoms with E-state index in [4.69, 9.17) is 0 Å². The molecule has 1 fully saturated rings. The summed E-state index contributed by atoms with van der Waals surface area (Å²) in [5, 5.41) is 12.6. The monoisotopic (exact) mass is 350 g/mol. The van der Waals surface area contributed by atoms with E-state index in [-0.39, 0.29) is 22.4 Å². The lowest BCUT2D eigenvalue weighted by molar-refractivity contribution is 0.388. The molecule has 2 heterocycles. The van der Waals surface area contributed by atoms with Crippen LogP contribution in [0, 0.1) is 11.3 Å². The van der Waals surface area contributed by atoms with Gasteiger partial charge in [0.05, 0.1) is 15.3 Å². The van der Waals surface area contributed by atoms with E-state index in [2.05, 4.69) is 33.4 Å². The Balaban J connectivity index is 0.00000112. The highest BCUT2D eigenvalue weighted by Crippen LogP contribution is 2.38. The molecule has 82 valence electrons. The topological polar surface area (TPSA) is 35.8 Å². The Hall–Kier alpha value is 0.110. The lowest BCUT2D eigenvalue weighted by Gasteiger charge is -2.30. The fourth-order valence-electron chi connectivity index (χ4n) is 1.84. The molecule has 1 saturated heterocycles. The minimum absolute atomic E-state index is 0. The van der Waals surface area contributed by atoms with Crippen LogP contribution >= 0.6 is 44.2 Å². The molecule has 1 aliphatic rings. The predicted octanol–water partition coefficient (Wildman–Crippen LogP) is 3.23. The summed E-state index contributed by atoms with van der Waals surface area (Å²) in [6.07, 6.45) is 1.85. The Morgan fingerprint density at radius 2 is 2.07 bits per heavy atom. The Labute approximate surface area is 113 Å². The number of halogens is 2. The van der Waals surface area contributed by atoms with E-state index in [0.717, 1.165) is 29.7 Å². The summed E-state index contributed by atoms with van der Waals surface area (Å²) < 4.78 is 1.11. The van der Waals surface area contributed by atoms with Crippen molar-refractivity contribution in [2.45, 2.75) is 18.3 Å². The van der Waals surface area contributed by atoms with E-state index < -0.39 is 0 Å². The van der Waals surface area contributed by atoms with E-state index in [9.17, 15) is 5.26 Å². The number of nitriles is 1. The number of nitrogens with one attached hydrogen (secondary N) is 1. The number of piperidine rings is 1. The van der Waals surface area contributed by atoms with E-state index in [1.54, 1.807) is 11.3 Å². The van der Waals surface area contributed by atoms with Gasteiger partial charge in [-0.25, -0.2) is 0 Å². The molecule has 0 amide bonds. The molecule has 0 bridgehead atoms. The van der Waals surface area contributed by atoms with Gasteiger partial charge in [-0.1, -0.05) is 0 Å². The van der Waals surface area contributed by atoms with Crippen LogP contribution in [0.25, 0.3) is 0 Å². The average Bonchev–Trinajstić information content (AvgIpc) is 2.66. The molecular weight excluding hydrogens is 340 g/mol. The quantitative estimate of drug-likeness (QED) is 0.843. The number of hydrogen-bond donors (Lipinski definition) is 1. The fourth-order valence-corrected chi connectivity index (χ4v) is 3.42. The number of rotatable bonds is 1.